The molecule has 6 radical (unpaired) electrons. The largest absolute Gasteiger partial charge is 0.496 e. The number of amides is 2. The molecule has 1 unspecified atom stereocenters. The lowest BCUT2D eigenvalue weighted by molar-refractivity contribution is -0.135. The van der Waals surface area contributed by atoms with E-state index in [-0.39, 0.29) is 29.6 Å². The first-order valence-corrected chi connectivity index (χ1v) is 25.0. The van der Waals surface area contributed by atoms with Crippen molar-refractivity contribution in [2.75, 3.05) is 46.9 Å². The summed E-state index contributed by atoms with van der Waals surface area (Å²) in [6.45, 7) is 17.7. The van der Waals surface area contributed by atoms with Gasteiger partial charge in [-0.2, -0.15) is 0 Å². The molecule has 2 aliphatic carbocycles. The van der Waals surface area contributed by atoms with E-state index in [0.717, 1.165) is 110 Å². The number of aromatic nitrogens is 2. The molecule has 0 bridgehead atoms. The molecule has 5 fully saturated rings. The average molecular weight is 932 g/mol. The number of hydrogen-bond donors (Lipinski definition) is 1. The van der Waals surface area contributed by atoms with E-state index in [1.165, 1.54) is 17.4 Å². The Morgan fingerprint density at radius 1 is 0.913 bits per heavy atom. The van der Waals surface area contributed by atoms with Crippen LogP contribution in [-0.4, -0.2) is 114 Å². The number of pyridine rings is 2. The zero-order chi connectivity index (χ0) is 49.6. The van der Waals surface area contributed by atoms with Gasteiger partial charge in [-0.05, 0) is 142 Å². The van der Waals surface area contributed by atoms with E-state index in [1.54, 1.807) is 32.7 Å². The molecule has 3 aliphatic heterocycles. The van der Waals surface area contributed by atoms with Crippen molar-refractivity contribution in [1.82, 2.24) is 24.7 Å². The van der Waals surface area contributed by atoms with Gasteiger partial charge in [-0.25, -0.2) is 0 Å². The number of nitrogens with one attached hydrogen (secondary N) is 1. The van der Waals surface area contributed by atoms with Crippen LogP contribution in [0.5, 0.6) is 17.2 Å². The zero-order valence-corrected chi connectivity index (χ0v) is 41.6. The minimum absolute atomic E-state index is 0.0164. The average Bonchev–Trinajstić information content (AvgIpc) is 4.20. The lowest BCUT2D eigenvalue weighted by atomic mass is 9.49. The van der Waals surface area contributed by atoms with Gasteiger partial charge in [0, 0.05) is 67.0 Å². The third kappa shape index (κ3) is 12.1. The van der Waals surface area contributed by atoms with E-state index in [9.17, 15) is 19.2 Å². The summed E-state index contributed by atoms with van der Waals surface area (Å²) in [5.74, 6) is 3.16. The number of fused-ring (bicyclic) bond motifs is 1. The Labute approximate surface area is 412 Å². The number of Topliss-reactive ketones (excluding diaryl/α,β-unsaturated/α-hetero) is 1. The third-order valence-electron chi connectivity index (χ3n) is 14.8. The number of ether oxygens (including phenoxy) is 3. The molecule has 2 amide bonds. The first-order chi connectivity index (χ1) is 33.1. The molecule has 3 saturated heterocycles. The summed E-state index contributed by atoms with van der Waals surface area (Å²) in [5.41, 5.74) is 5.07. The van der Waals surface area contributed by atoms with Crippen LogP contribution >= 0.6 is 0 Å². The van der Waals surface area contributed by atoms with Crippen molar-refractivity contribution >= 4 is 58.0 Å². The van der Waals surface area contributed by atoms with Crippen molar-refractivity contribution in [3.8, 4) is 28.4 Å². The van der Waals surface area contributed by atoms with Gasteiger partial charge in [0.2, 0.25) is 11.8 Å². The van der Waals surface area contributed by atoms with Gasteiger partial charge >= 0.3 is 0 Å². The monoisotopic (exact) mass is 932 g/mol. The van der Waals surface area contributed by atoms with Crippen LogP contribution in [0.3, 0.4) is 0 Å². The summed E-state index contributed by atoms with van der Waals surface area (Å²) in [4.78, 5) is 56.9. The first kappa shape index (κ1) is 51.7. The zero-order valence-electron chi connectivity index (χ0n) is 41.6. The molecule has 360 valence electrons. The van der Waals surface area contributed by atoms with Gasteiger partial charge < -0.3 is 23.7 Å². The summed E-state index contributed by atoms with van der Waals surface area (Å²) in [6, 6.07) is 11.8. The second kappa shape index (κ2) is 22.3. The number of rotatable bonds is 14. The van der Waals surface area contributed by atoms with Crippen LogP contribution in [0, 0.1) is 17.3 Å². The highest BCUT2D eigenvalue weighted by atomic mass is 16.5. The Bertz CT molecular complexity index is 2540. The fraction of sp³-hybridized carbons (Fsp3) is 0.537. The van der Waals surface area contributed by atoms with E-state index in [4.69, 9.17) is 37.7 Å². The van der Waals surface area contributed by atoms with Crippen molar-refractivity contribution in [3.05, 3.63) is 88.1 Å². The normalized spacial score (nSPS) is 19.9. The minimum atomic E-state index is -1.90. The van der Waals surface area contributed by atoms with Crippen molar-refractivity contribution in [1.29, 1.82) is 0 Å². The van der Waals surface area contributed by atoms with Crippen LogP contribution in [0.1, 0.15) is 131 Å². The number of carbonyl (C=O) groups is 3. The van der Waals surface area contributed by atoms with Crippen LogP contribution in [0.25, 0.3) is 28.0 Å². The molecule has 1 N–H and O–H groups in total. The highest BCUT2D eigenvalue weighted by Gasteiger charge is 2.47. The summed E-state index contributed by atoms with van der Waals surface area (Å²) < 4.78 is 19.6. The molecule has 12 nitrogen and oxygen atoms in total. The molecule has 69 heavy (non-hydrogen) atoms. The molecular formula is C54H68B3N5O7. The predicted octanol–water partition coefficient (Wildman–Crippen LogP) is 7.89. The standard InChI is InChI=1S/C46H53B3N4O5.C6H9NO2.C2H6/c1-5-30-9-10-33(21-35(30)41(54)6-2)58-34-23-45(24-34)13-17-52(18-14-45)26-29-11-15-51(16-12-29)27-39-42(56-3)19-32(20-43(39)57-4)38-28-53(46(47,48)49)44(55)37-25-50-40(22-36(37)38)31-7-8-31;1-4-2-3-5(8)7-6(4)9;1-2/h5,9-10,19-22,25,28-29,31,34H,1,6-8,11-18,23-24,26-27H2,2-4H3;4H,2-3H2,1H3,(H,7,8,9);1-2H3. The number of piperidine rings is 3. The smallest absolute Gasteiger partial charge is 0.258 e. The Hall–Kier alpha value is -5.14. The van der Waals surface area contributed by atoms with Crippen LogP contribution < -0.4 is 25.1 Å². The fourth-order valence-corrected chi connectivity index (χ4v) is 10.4. The molecule has 2 aromatic heterocycles. The van der Waals surface area contributed by atoms with E-state index in [2.05, 4.69) is 26.7 Å². The Morgan fingerprint density at radius 3 is 2.14 bits per heavy atom. The highest BCUT2D eigenvalue weighted by Crippen LogP contribution is 2.51. The predicted molar refractivity (Wildman–Crippen MR) is 276 cm³/mol. The molecule has 2 aromatic carbocycles. The minimum Gasteiger partial charge on any atom is -0.496 e. The lowest BCUT2D eigenvalue weighted by Gasteiger charge is -2.52. The van der Waals surface area contributed by atoms with Gasteiger partial charge in [-0.3, -0.25) is 34.4 Å². The van der Waals surface area contributed by atoms with Crippen LogP contribution in [0.15, 0.2) is 60.2 Å². The highest BCUT2D eigenvalue weighted by molar-refractivity contribution is 6.56. The summed E-state index contributed by atoms with van der Waals surface area (Å²) in [7, 11) is 21.6. The molecule has 1 atom stereocenters. The maximum Gasteiger partial charge on any atom is 0.258 e. The van der Waals surface area contributed by atoms with Crippen molar-refractivity contribution in [3.63, 3.8) is 0 Å². The molecule has 9 rings (SSSR count). The second-order valence-corrected chi connectivity index (χ2v) is 19.6. The first-order valence-electron chi connectivity index (χ1n) is 25.0. The molecule has 5 aliphatic rings. The van der Waals surface area contributed by atoms with Gasteiger partial charge in [0.25, 0.3) is 5.56 Å². The maximum absolute atomic E-state index is 13.5. The lowest BCUT2D eigenvalue weighted by Crippen LogP contribution is -2.51. The fourth-order valence-electron chi connectivity index (χ4n) is 10.4. The number of methoxy groups -OCH3 is 2. The quantitative estimate of drug-likeness (QED) is 0.0757. The Balaban J connectivity index is 0.000000569. The Kier molecular flexibility index (Phi) is 16.7. The van der Waals surface area contributed by atoms with Gasteiger partial charge in [-0.1, -0.05) is 51.7 Å². The third-order valence-corrected chi connectivity index (χ3v) is 14.8. The van der Waals surface area contributed by atoms with Gasteiger partial charge in [-0.15, -0.1) is 0 Å². The topological polar surface area (TPSA) is 132 Å². The molecular weight excluding hydrogens is 863 g/mol. The van der Waals surface area contributed by atoms with E-state index in [0.29, 0.717) is 65.5 Å². The Morgan fingerprint density at radius 2 is 1.58 bits per heavy atom. The van der Waals surface area contributed by atoms with E-state index >= 15 is 0 Å². The van der Waals surface area contributed by atoms with E-state index in [1.807, 2.05) is 64.1 Å². The molecule has 4 aromatic rings. The number of benzene rings is 2. The number of likely N-dealkylation sites (tertiary alicyclic amines) is 2. The maximum atomic E-state index is 13.5. The summed E-state index contributed by atoms with van der Waals surface area (Å²) in [5, 5.41) is 1.52. The van der Waals surface area contributed by atoms with Gasteiger partial charge in [0.15, 0.2) is 5.78 Å². The number of imide groups is 1. The van der Waals surface area contributed by atoms with Gasteiger partial charge in [0.05, 0.1) is 54.8 Å². The summed E-state index contributed by atoms with van der Waals surface area (Å²) in [6.07, 6.45) is 16.0. The van der Waals surface area contributed by atoms with Gasteiger partial charge in [0.1, 0.15) is 17.2 Å². The van der Waals surface area contributed by atoms with Crippen LogP contribution in [0.4, 0.5) is 0 Å². The number of hydrogen-bond acceptors (Lipinski definition) is 10. The van der Waals surface area contributed by atoms with Crippen molar-refractivity contribution in [2.24, 2.45) is 17.3 Å². The summed E-state index contributed by atoms with van der Waals surface area (Å²) >= 11 is 0. The molecule has 15 heteroatoms. The molecule has 1 spiro atoms. The van der Waals surface area contributed by atoms with Crippen molar-refractivity contribution < 1.29 is 28.6 Å². The van der Waals surface area contributed by atoms with Crippen LogP contribution in [0.2, 0.25) is 0 Å². The van der Waals surface area contributed by atoms with Crippen LogP contribution in [-0.2, 0) is 21.4 Å². The van der Waals surface area contributed by atoms with Crippen molar-refractivity contribution in [2.45, 2.75) is 122 Å². The number of carbonyl (C=O) groups excluding carboxylic acids is 3. The van der Waals surface area contributed by atoms with E-state index < -0.39 is 10.8 Å². The molecule has 2 saturated carbocycles. The second-order valence-electron chi connectivity index (χ2n) is 19.6. The number of nitrogens with zero attached hydrogens (tertiary/aromatic N) is 4. The SMILES string of the molecule is CC.CC1CCC(=O)NC1=O.[B]C([B])([B])n1cc(-c2cc(OC)c(CN3CCC(CN4CCC5(CC4)CC(Oc4ccc(C=C)c(C(=O)CC)c4)C5)CC3)c(OC)c2)c2cc(C3CC3)ncc2c1=O. The number of ketones is 1. The molecule has 5 heterocycles.